The lowest BCUT2D eigenvalue weighted by Gasteiger charge is -2.11. The molecular weight excluding hydrogens is 272 g/mol. The molecule has 3 N–H and O–H groups in total. The summed E-state index contributed by atoms with van der Waals surface area (Å²) < 4.78 is 31.9. The molecule has 1 aromatic carbocycles. The fourth-order valence-corrected chi connectivity index (χ4v) is 3.35. The second-order valence-corrected chi connectivity index (χ2v) is 5.96. The Kier molecular flexibility index (Phi) is 3.44. The molecule has 0 aliphatic heterocycles. The summed E-state index contributed by atoms with van der Waals surface area (Å²) in [4.78, 5) is 0.0243. The average molecular weight is 284 g/mol. The number of benzene rings is 1. The van der Waals surface area contributed by atoms with E-state index in [1.165, 1.54) is 30.6 Å². The van der Waals surface area contributed by atoms with Crippen LogP contribution in [0.4, 0.5) is 11.4 Å². The van der Waals surface area contributed by atoms with Crippen molar-refractivity contribution >= 4 is 32.7 Å². The number of anilines is 2. The molecule has 0 unspecified atom stereocenters. The van der Waals surface area contributed by atoms with E-state index in [1.807, 2.05) is 0 Å². The van der Waals surface area contributed by atoms with Gasteiger partial charge in [0, 0.05) is 11.1 Å². The van der Waals surface area contributed by atoms with Crippen LogP contribution in [0.2, 0.25) is 0 Å². The van der Waals surface area contributed by atoms with Gasteiger partial charge in [-0.3, -0.25) is 4.72 Å². The van der Waals surface area contributed by atoms with Gasteiger partial charge in [-0.2, -0.15) is 11.3 Å². The summed E-state index contributed by atoms with van der Waals surface area (Å²) >= 11 is 1.41. The van der Waals surface area contributed by atoms with Gasteiger partial charge in [0.15, 0.2) is 0 Å². The third-order valence-electron chi connectivity index (χ3n) is 2.25. The zero-order valence-electron chi connectivity index (χ0n) is 9.58. The monoisotopic (exact) mass is 284 g/mol. The smallest absolute Gasteiger partial charge is 0.265 e. The van der Waals surface area contributed by atoms with E-state index in [4.69, 9.17) is 10.5 Å². The Hall–Kier alpha value is -1.73. The van der Waals surface area contributed by atoms with Crippen LogP contribution < -0.4 is 15.2 Å². The highest BCUT2D eigenvalue weighted by atomic mass is 32.2. The predicted octanol–water partition coefficient (Wildman–Crippen LogP) is 2.14. The summed E-state index contributed by atoms with van der Waals surface area (Å²) in [5, 5.41) is 3.49. The molecule has 0 bridgehead atoms. The number of hydrogen-bond donors (Lipinski definition) is 2. The van der Waals surface area contributed by atoms with Gasteiger partial charge in [0.2, 0.25) is 0 Å². The van der Waals surface area contributed by atoms with Gasteiger partial charge >= 0.3 is 0 Å². The fourth-order valence-electron chi connectivity index (χ4n) is 1.44. The molecular formula is C11H12N2O3S2. The van der Waals surface area contributed by atoms with Crippen molar-refractivity contribution in [2.75, 3.05) is 17.6 Å². The van der Waals surface area contributed by atoms with E-state index in [0.29, 0.717) is 11.4 Å². The van der Waals surface area contributed by atoms with Gasteiger partial charge in [-0.05, 0) is 29.6 Å². The number of nitrogens with two attached hydrogens (primary N) is 1. The minimum absolute atomic E-state index is 0.0243. The van der Waals surface area contributed by atoms with Crippen molar-refractivity contribution in [2.45, 2.75) is 4.90 Å². The van der Waals surface area contributed by atoms with Crippen molar-refractivity contribution in [3.63, 3.8) is 0 Å². The zero-order valence-corrected chi connectivity index (χ0v) is 11.2. The Morgan fingerprint density at radius 2 is 2.11 bits per heavy atom. The van der Waals surface area contributed by atoms with E-state index >= 15 is 0 Å². The highest BCUT2D eigenvalue weighted by Gasteiger charge is 2.20. The minimum atomic E-state index is -3.70. The van der Waals surface area contributed by atoms with Crippen LogP contribution in [0.25, 0.3) is 0 Å². The van der Waals surface area contributed by atoms with Gasteiger partial charge in [-0.25, -0.2) is 8.42 Å². The lowest BCUT2D eigenvalue weighted by Crippen LogP contribution is -2.14. The van der Waals surface area contributed by atoms with Crippen LogP contribution in [0.3, 0.4) is 0 Å². The summed E-state index contributed by atoms with van der Waals surface area (Å²) in [5.74, 6) is 0.256. The summed E-state index contributed by atoms with van der Waals surface area (Å²) in [5.41, 5.74) is 6.49. The molecule has 0 fully saturated rings. The molecule has 0 radical (unpaired) electrons. The maximum absolute atomic E-state index is 12.2. The minimum Gasteiger partial charge on any atom is -0.495 e. The van der Waals surface area contributed by atoms with E-state index in [1.54, 1.807) is 22.9 Å². The molecule has 0 saturated heterocycles. The largest absolute Gasteiger partial charge is 0.495 e. The first-order valence-electron chi connectivity index (χ1n) is 5.01. The van der Waals surface area contributed by atoms with Crippen molar-refractivity contribution in [1.29, 1.82) is 0 Å². The first-order chi connectivity index (χ1) is 8.53. The molecule has 0 spiro atoms. The van der Waals surface area contributed by atoms with Crippen molar-refractivity contribution in [2.24, 2.45) is 0 Å². The Morgan fingerprint density at radius 1 is 1.33 bits per heavy atom. The molecule has 96 valence electrons. The first kappa shape index (κ1) is 12.7. The second-order valence-electron chi connectivity index (χ2n) is 3.53. The van der Waals surface area contributed by atoms with Crippen LogP contribution in [0.1, 0.15) is 0 Å². The van der Waals surface area contributed by atoms with E-state index in [9.17, 15) is 8.42 Å². The molecule has 2 rings (SSSR count). The number of thiophene rings is 1. The summed E-state index contributed by atoms with van der Waals surface area (Å²) in [7, 11) is -2.28. The third kappa shape index (κ3) is 2.57. The van der Waals surface area contributed by atoms with Gasteiger partial charge < -0.3 is 10.5 Å². The molecule has 1 aromatic heterocycles. The van der Waals surface area contributed by atoms with Crippen LogP contribution in [0, 0.1) is 0 Å². The lowest BCUT2D eigenvalue weighted by atomic mass is 10.3. The van der Waals surface area contributed by atoms with Gasteiger partial charge in [0.05, 0.1) is 12.8 Å². The van der Waals surface area contributed by atoms with Crippen LogP contribution in [0.5, 0.6) is 5.75 Å². The van der Waals surface area contributed by atoms with E-state index in [-0.39, 0.29) is 10.6 Å². The Balaban J connectivity index is 2.43. The first-order valence-corrected chi connectivity index (χ1v) is 7.44. The van der Waals surface area contributed by atoms with Crippen LogP contribution in [0.15, 0.2) is 39.9 Å². The number of rotatable bonds is 4. The Morgan fingerprint density at radius 3 is 2.72 bits per heavy atom. The van der Waals surface area contributed by atoms with Gasteiger partial charge in [0.1, 0.15) is 10.6 Å². The molecule has 2 aromatic rings. The van der Waals surface area contributed by atoms with Crippen molar-refractivity contribution in [3.8, 4) is 5.75 Å². The normalized spacial score (nSPS) is 11.2. The van der Waals surface area contributed by atoms with E-state index in [0.717, 1.165) is 0 Å². The Bertz CT molecular complexity index is 636. The van der Waals surface area contributed by atoms with Crippen molar-refractivity contribution in [1.82, 2.24) is 0 Å². The third-order valence-corrected chi connectivity index (χ3v) is 4.34. The summed E-state index contributed by atoms with van der Waals surface area (Å²) in [6, 6.07) is 6.16. The number of nitrogen functional groups attached to an aromatic ring is 1. The highest BCUT2D eigenvalue weighted by Crippen LogP contribution is 2.28. The average Bonchev–Trinajstić information content (AvgIpc) is 2.81. The quantitative estimate of drug-likeness (QED) is 0.843. The molecule has 0 aliphatic carbocycles. The SMILES string of the molecule is COc1ccc(N)cc1S(=O)(=O)Nc1ccsc1. The van der Waals surface area contributed by atoms with Crippen LogP contribution >= 0.6 is 11.3 Å². The van der Waals surface area contributed by atoms with Crippen molar-refractivity contribution in [3.05, 3.63) is 35.0 Å². The van der Waals surface area contributed by atoms with Crippen LogP contribution in [-0.4, -0.2) is 15.5 Å². The lowest BCUT2D eigenvalue weighted by molar-refractivity contribution is 0.403. The van der Waals surface area contributed by atoms with E-state index < -0.39 is 10.0 Å². The second kappa shape index (κ2) is 4.87. The molecule has 0 aliphatic rings. The molecule has 5 nitrogen and oxygen atoms in total. The number of ether oxygens (including phenoxy) is 1. The maximum atomic E-state index is 12.2. The van der Waals surface area contributed by atoms with Crippen LogP contribution in [-0.2, 0) is 10.0 Å². The molecule has 1 heterocycles. The summed E-state index contributed by atoms with van der Waals surface area (Å²) in [6.45, 7) is 0. The predicted molar refractivity (Wildman–Crippen MR) is 72.5 cm³/mol. The molecule has 7 heteroatoms. The number of methoxy groups -OCH3 is 1. The number of hydrogen-bond acceptors (Lipinski definition) is 5. The summed E-state index contributed by atoms with van der Waals surface area (Å²) in [6.07, 6.45) is 0. The van der Waals surface area contributed by atoms with Gasteiger partial charge in [0.25, 0.3) is 10.0 Å². The van der Waals surface area contributed by atoms with E-state index in [2.05, 4.69) is 4.72 Å². The Labute approximate surface area is 109 Å². The maximum Gasteiger partial charge on any atom is 0.265 e. The molecule has 0 saturated carbocycles. The van der Waals surface area contributed by atoms with Gasteiger partial charge in [-0.1, -0.05) is 0 Å². The molecule has 0 atom stereocenters. The fraction of sp³-hybridized carbons (Fsp3) is 0.0909. The topological polar surface area (TPSA) is 81.4 Å². The highest BCUT2D eigenvalue weighted by molar-refractivity contribution is 7.92. The number of nitrogens with one attached hydrogen (secondary N) is 1. The zero-order chi connectivity index (χ0) is 13.2. The van der Waals surface area contributed by atoms with Gasteiger partial charge in [-0.15, -0.1) is 0 Å². The molecule has 18 heavy (non-hydrogen) atoms. The molecule has 0 amide bonds. The standard InChI is InChI=1S/C11H12N2O3S2/c1-16-10-3-2-8(12)6-11(10)18(14,15)13-9-4-5-17-7-9/h2-7,13H,12H2,1H3. The number of sulfonamides is 1. The van der Waals surface area contributed by atoms with Crippen molar-refractivity contribution < 1.29 is 13.2 Å².